The molecule has 2 saturated heterocycles. The molecule has 2 heterocycles. The van der Waals surface area contributed by atoms with E-state index >= 15 is 0 Å². The van der Waals surface area contributed by atoms with Crippen LogP contribution in [0.1, 0.15) is 70.6 Å². The number of fused-ring (bicyclic) bond motifs is 1. The number of urea groups is 1. The zero-order chi connectivity index (χ0) is 17.2. The Balaban J connectivity index is 1.35. The van der Waals surface area contributed by atoms with E-state index in [1.165, 1.54) is 44.9 Å². The number of nitrogens with one attached hydrogen (secondary N) is 2. The number of amides is 3. The number of likely N-dealkylation sites (tertiary alicyclic amines) is 1. The van der Waals surface area contributed by atoms with Crippen LogP contribution in [0.3, 0.4) is 0 Å². The first-order valence-electron chi connectivity index (χ1n) is 10.5. The topological polar surface area (TPSA) is 61.4 Å². The molecule has 5 unspecified atom stereocenters. The first kappa shape index (κ1) is 17.2. The van der Waals surface area contributed by atoms with Crippen LogP contribution in [0.5, 0.6) is 0 Å². The van der Waals surface area contributed by atoms with Gasteiger partial charge in [-0.1, -0.05) is 25.7 Å². The predicted molar refractivity (Wildman–Crippen MR) is 97.1 cm³/mol. The van der Waals surface area contributed by atoms with Gasteiger partial charge in [0.05, 0.1) is 0 Å². The van der Waals surface area contributed by atoms with Gasteiger partial charge in [0, 0.05) is 37.5 Å². The number of carbonyl (C=O) groups is 2. The Hall–Kier alpha value is -1.26. The number of hydrogen-bond donors (Lipinski definition) is 2. The van der Waals surface area contributed by atoms with Gasteiger partial charge in [-0.25, -0.2) is 4.79 Å². The summed E-state index contributed by atoms with van der Waals surface area (Å²) in [6.45, 7) is 1.58. The average molecular weight is 348 g/mol. The molecule has 2 saturated carbocycles. The highest BCUT2D eigenvalue weighted by atomic mass is 16.2. The molecule has 2 aliphatic heterocycles. The lowest BCUT2D eigenvalue weighted by Gasteiger charge is -2.42. The molecule has 140 valence electrons. The second-order valence-electron chi connectivity index (χ2n) is 8.79. The first-order valence-corrected chi connectivity index (χ1v) is 10.5. The third kappa shape index (κ3) is 3.80. The van der Waals surface area contributed by atoms with Crippen LogP contribution in [0.15, 0.2) is 0 Å². The normalized spacial score (nSPS) is 38.8. The number of rotatable bonds is 2. The lowest BCUT2D eigenvalue weighted by molar-refractivity contribution is -0.119. The molecule has 4 aliphatic rings. The summed E-state index contributed by atoms with van der Waals surface area (Å²) in [5, 5.41) is 6.31. The molecule has 5 atom stereocenters. The minimum Gasteiger partial charge on any atom is -0.356 e. The average Bonchev–Trinajstić information content (AvgIpc) is 3.08. The van der Waals surface area contributed by atoms with Crippen LogP contribution in [0.25, 0.3) is 0 Å². The smallest absolute Gasteiger partial charge is 0.317 e. The molecule has 2 aliphatic carbocycles. The quantitative estimate of drug-likeness (QED) is 0.806. The Morgan fingerprint density at radius 1 is 0.960 bits per heavy atom. The third-order valence-corrected chi connectivity index (χ3v) is 7.23. The minimum absolute atomic E-state index is 0.128. The SMILES string of the molecule is O=C1CC(C2CCCCN2C(=O)NC2CCC3CCCCC3C2)CN1. The van der Waals surface area contributed by atoms with Gasteiger partial charge in [0.15, 0.2) is 0 Å². The fourth-order valence-electron chi connectivity index (χ4n) is 5.86. The Morgan fingerprint density at radius 2 is 1.76 bits per heavy atom. The molecule has 0 aromatic rings. The summed E-state index contributed by atoms with van der Waals surface area (Å²) < 4.78 is 0. The van der Waals surface area contributed by atoms with Gasteiger partial charge in [0.25, 0.3) is 0 Å². The van der Waals surface area contributed by atoms with Crippen LogP contribution in [0.4, 0.5) is 4.79 Å². The van der Waals surface area contributed by atoms with Crippen molar-refractivity contribution in [3.8, 4) is 0 Å². The van der Waals surface area contributed by atoms with Crippen LogP contribution >= 0.6 is 0 Å². The van der Waals surface area contributed by atoms with Crippen LogP contribution in [-0.2, 0) is 4.79 Å². The highest BCUT2D eigenvalue weighted by Crippen LogP contribution is 2.40. The zero-order valence-corrected chi connectivity index (χ0v) is 15.3. The van der Waals surface area contributed by atoms with Gasteiger partial charge in [0.2, 0.25) is 5.91 Å². The van der Waals surface area contributed by atoms with Crippen molar-refractivity contribution in [2.24, 2.45) is 17.8 Å². The van der Waals surface area contributed by atoms with E-state index in [1.807, 2.05) is 0 Å². The van der Waals surface area contributed by atoms with E-state index in [0.29, 0.717) is 18.4 Å². The molecule has 5 heteroatoms. The number of nitrogens with zero attached hydrogens (tertiary/aromatic N) is 1. The van der Waals surface area contributed by atoms with E-state index in [4.69, 9.17) is 0 Å². The molecule has 3 amide bonds. The Morgan fingerprint density at radius 3 is 2.56 bits per heavy atom. The second-order valence-corrected chi connectivity index (χ2v) is 8.79. The van der Waals surface area contributed by atoms with E-state index in [-0.39, 0.29) is 18.0 Å². The number of carbonyl (C=O) groups excluding carboxylic acids is 2. The van der Waals surface area contributed by atoms with Gasteiger partial charge in [-0.15, -0.1) is 0 Å². The molecule has 5 nitrogen and oxygen atoms in total. The van der Waals surface area contributed by atoms with Gasteiger partial charge in [-0.05, 0) is 50.4 Å². The van der Waals surface area contributed by atoms with E-state index in [2.05, 4.69) is 15.5 Å². The molecular weight excluding hydrogens is 314 g/mol. The Labute approximate surface area is 151 Å². The van der Waals surface area contributed by atoms with E-state index < -0.39 is 0 Å². The van der Waals surface area contributed by atoms with E-state index in [9.17, 15) is 9.59 Å². The summed E-state index contributed by atoms with van der Waals surface area (Å²) >= 11 is 0. The maximum Gasteiger partial charge on any atom is 0.317 e. The molecule has 2 N–H and O–H groups in total. The molecule has 0 spiro atoms. The van der Waals surface area contributed by atoms with Crippen LogP contribution in [-0.4, -0.2) is 42.0 Å². The van der Waals surface area contributed by atoms with Crippen LogP contribution in [0.2, 0.25) is 0 Å². The molecule has 4 rings (SSSR count). The Bertz CT molecular complexity index is 509. The summed E-state index contributed by atoms with van der Waals surface area (Å²) in [4.78, 5) is 26.6. The summed E-state index contributed by atoms with van der Waals surface area (Å²) in [7, 11) is 0. The zero-order valence-electron chi connectivity index (χ0n) is 15.3. The van der Waals surface area contributed by atoms with Crippen LogP contribution < -0.4 is 10.6 Å². The molecular formula is C20H33N3O2. The van der Waals surface area contributed by atoms with Crippen molar-refractivity contribution in [2.45, 2.75) is 82.7 Å². The largest absolute Gasteiger partial charge is 0.356 e. The summed E-state index contributed by atoms with van der Waals surface area (Å²) in [5.74, 6) is 2.20. The van der Waals surface area contributed by atoms with Crippen molar-refractivity contribution in [1.82, 2.24) is 15.5 Å². The minimum atomic E-state index is 0.128. The maximum absolute atomic E-state index is 13.0. The summed E-state index contributed by atoms with van der Waals surface area (Å²) in [6, 6.07) is 0.722. The molecule has 0 bridgehead atoms. The van der Waals surface area contributed by atoms with Crippen molar-refractivity contribution >= 4 is 11.9 Å². The van der Waals surface area contributed by atoms with Gasteiger partial charge < -0.3 is 15.5 Å². The van der Waals surface area contributed by atoms with Crippen molar-refractivity contribution in [2.75, 3.05) is 13.1 Å². The fourth-order valence-corrected chi connectivity index (χ4v) is 5.86. The lowest BCUT2D eigenvalue weighted by Crippen LogP contribution is -2.54. The second kappa shape index (κ2) is 7.55. The van der Waals surface area contributed by atoms with Crippen molar-refractivity contribution < 1.29 is 9.59 Å². The molecule has 4 fully saturated rings. The van der Waals surface area contributed by atoms with Gasteiger partial charge >= 0.3 is 6.03 Å². The number of hydrogen-bond acceptors (Lipinski definition) is 2. The fraction of sp³-hybridized carbons (Fsp3) is 0.900. The van der Waals surface area contributed by atoms with Gasteiger partial charge in [-0.3, -0.25) is 4.79 Å². The molecule has 0 aromatic carbocycles. The van der Waals surface area contributed by atoms with Gasteiger partial charge in [0.1, 0.15) is 0 Å². The predicted octanol–water partition coefficient (Wildman–Crippen LogP) is 3.05. The summed E-state index contributed by atoms with van der Waals surface area (Å²) in [5.41, 5.74) is 0. The first-order chi connectivity index (χ1) is 12.2. The van der Waals surface area contributed by atoms with E-state index in [1.54, 1.807) is 0 Å². The lowest BCUT2D eigenvalue weighted by atomic mass is 9.69. The highest BCUT2D eigenvalue weighted by molar-refractivity contribution is 5.79. The maximum atomic E-state index is 13.0. The Kier molecular flexibility index (Phi) is 5.18. The standard InChI is InChI=1S/C20H33N3O2/c24-19-12-16(13-21-19)18-7-3-4-10-23(18)20(25)22-17-9-8-14-5-1-2-6-15(14)11-17/h14-18H,1-13H2,(H,21,24)(H,22,25). The van der Waals surface area contributed by atoms with E-state index in [0.717, 1.165) is 44.2 Å². The van der Waals surface area contributed by atoms with Crippen molar-refractivity contribution in [3.05, 3.63) is 0 Å². The van der Waals surface area contributed by atoms with Crippen LogP contribution in [0, 0.1) is 17.8 Å². The third-order valence-electron chi connectivity index (χ3n) is 7.23. The summed E-state index contributed by atoms with van der Waals surface area (Å²) in [6.07, 6.45) is 13.1. The molecule has 0 radical (unpaired) electrons. The molecule has 25 heavy (non-hydrogen) atoms. The number of piperidine rings is 1. The van der Waals surface area contributed by atoms with Crippen molar-refractivity contribution in [1.29, 1.82) is 0 Å². The monoisotopic (exact) mass is 347 g/mol. The van der Waals surface area contributed by atoms with Gasteiger partial charge in [-0.2, -0.15) is 0 Å². The molecule has 0 aromatic heterocycles. The highest BCUT2D eigenvalue weighted by Gasteiger charge is 2.38. The van der Waals surface area contributed by atoms with Crippen molar-refractivity contribution in [3.63, 3.8) is 0 Å².